The van der Waals surface area contributed by atoms with Crippen molar-refractivity contribution in [2.45, 2.75) is 39.8 Å². The van der Waals surface area contributed by atoms with Crippen LogP contribution < -0.4 is 5.32 Å². The summed E-state index contributed by atoms with van der Waals surface area (Å²) < 4.78 is 0. The molecule has 0 aromatic carbocycles. The lowest BCUT2D eigenvalue weighted by molar-refractivity contribution is 0.593. The van der Waals surface area contributed by atoms with Crippen LogP contribution in [-0.4, -0.2) is 22.5 Å². The summed E-state index contributed by atoms with van der Waals surface area (Å²) in [5, 5.41) is 6.86. The molecule has 15 heavy (non-hydrogen) atoms. The maximum absolute atomic E-state index is 4.53. The Morgan fingerprint density at radius 3 is 2.93 bits per heavy atom. The molecule has 0 bridgehead atoms. The van der Waals surface area contributed by atoms with E-state index in [1.54, 1.807) is 11.3 Å². The zero-order chi connectivity index (χ0) is 11.1. The number of hydrogen-bond donors (Lipinski definition) is 1. The van der Waals surface area contributed by atoms with Crippen molar-refractivity contribution in [3.63, 3.8) is 0 Å². The molecule has 1 unspecified atom stereocenters. The van der Waals surface area contributed by atoms with Crippen molar-refractivity contribution in [3.05, 3.63) is 16.1 Å². The number of thioether (sulfide) groups is 1. The Bertz CT molecular complexity index is 273. The average Bonchev–Trinajstić information content (AvgIpc) is 2.71. The fourth-order valence-corrected chi connectivity index (χ4v) is 2.74. The number of rotatable bonds is 7. The summed E-state index contributed by atoms with van der Waals surface area (Å²) in [6, 6.07) is 0.573. The first kappa shape index (κ1) is 13.0. The van der Waals surface area contributed by atoms with E-state index in [0.717, 1.165) is 13.0 Å². The second kappa shape index (κ2) is 7.25. The van der Waals surface area contributed by atoms with Crippen LogP contribution in [0.1, 0.15) is 31.5 Å². The quantitative estimate of drug-likeness (QED) is 0.798. The van der Waals surface area contributed by atoms with E-state index < -0.39 is 0 Å². The highest BCUT2D eigenvalue weighted by atomic mass is 32.2. The van der Waals surface area contributed by atoms with Crippen LogP contribution in [0.15, 0.2) is 5.38 Å². The van der Waals surface area contributed by atoms with E-state index in [2.05, 4.69) is 36.5 Å². The maximum Gasteiger partial charge on any atom is 0.107 e. The normalized spacial score (nSPS) is 13.0. The number of nitrogens with zero attached hydrogens (tertiary/aromatic N) is 1. The Morgan fingerprint density at radius 2 is 2.33 bits per heavy atom. The van der Waals surface area contributed by atoms with Crippen LogP contribution in [-0.2, 0) is 13.0 Å². The lowest BCUT2D eigenvalue weighted by Crippen LogP contribution is -2.27. The molecular weight excluding hydrogens is 224 g/mol. The van der Waals surface area contributed by atoms with E-state index in [1.807, 2.05) is 11.8 Å². The van der Waals surface area contributed by atoms with Crippen molar-refractivity contribution in [1.29, 1.82) is 0 Å². The van der Waals surface area contributed by atoms with Gasteiger partial charge in [-0.3, -0.25) is 0 Å². The lowest BCUT2D eigenvalue weighted by Gasteiger charge is -2.11. The van der Waals surface area contributed by atoms with Crippen molar-refractivity contribution in [2.75, 3.05) is 11.5 Å². The molecule has 1 aromatic heterocycles. The summed E-state index contributed by atoms with van der Waals surface area (Å²) in [5.41, 5.74) is 1.22. The minimum absolute atomic E-state index is 0.573. The standard InChI is InChI=1S/C11H20N2S2/c1-4-10-8-15-11(13-10)6-12-9(3)7-14-5-2/h8-9,12H,4-7H2,1-3H3. The zero-order valence-electron chi connectivity index (χ0n) is 9.75. The van der Waals surface area contributed by atoms with Crippen LogP contribution in [0.25, 0.3) is 0 Å². The van der Waals surface area contributed by atoms with Crippen molar-refractivity contribution < 1.29 is 0 Å². The van der Waals surface area contributed by atoms with E-state index in [9.17, 15) is 0 Å². The summed E-state index contributed by atoms with van der Waals surface area (Å²) >= 11 is 3.74. The minimum atomic E-state index is 0.573. The van der Waals surface area contributed by atoms with Gasteiger partial charge in [0, 0.05) is 23.7 Å². The van der Waals surface area contributed by atoms with Gasteiger partial charge in [0.15, 0.2) is 0 Å². The highest BCUT2D eigenvalue weighted by molar-refractivity contribution is 7.99. The summed E-state index contributed by atoms with van der Waals surface area (Å²) in [6.07, 6.45) is 1.04. The van der Waals surface area contributed by atoms with Gasteiger partial charge >= 0.3 is 0 Å². The molecule has 1 atom stereocenters. The molecule has 1 N–H and O–H groups in total. The van der Waals surface area contributed by atoms with Gasteiger partial charge in [0.2, 0.25) is 0 Å². The van der Waals surface area contributed by atoms with Crippen LogP contribution in [0.5, 0.6) is 0 Å². The van der Waals surface area contributed by atoms with Crippen LogP contribution in [0.2, 0.25) is 0 Å². The third-order valence-corrected chi connectivity index (χ3v) is 4.18. The number of nitrogens with one attached hydrogen (secondary N) is 1. The first-order valence-corrected chi connectivity index (χ1v) is 7.54. The van der Waals surface area contributed by atoms with Gasteiger partial charge in [-0.25, -0.2) is 4.98 Å². The minimum Gasteiger partial charge on any atom is -0.307 e. The molecule has 0 aliphatic carbocycles. The molecule has 0 saturated heterocycles. The van der Waals surface area contributed by atoms with Crippen molar-refractivity contribution in [1.82, 2.24) is 10.3 Å². The molecule has 2 nitrogen and oxygen atoms in total. The Hall–Kier alpha value is -0.0600. The molecule has 0 radical (unpaired) electrons. The van der Waals surface area contributed by atoms with Gasteiger partial charge in [-0.15, -0.1) is 11.3 Å². The Morgan fingerprint density at radius 1 is 1.53 bits per heavy atom. The number of thiazole rings is 1. The topological polar surface area (TPSA) is 24.9 Å². The van der Waals surface area contributed by atoms with Gasteiger partial charge in [0.25, 0.3) is 0 Å². The number of aromatic nitrogens is 1. The van der Waals surface area contributed by atoms with Gasteiger partial charge in [-0.1, -0.05) is 13.8 Å². The Labute approximate surface area is 101 Å². The molecule has 0 aliphatic rings. The van der Waals surface area contributed by atoms with Crippen molar-refractivity contribution in [2.24, 2.45) is 0 Å². The predicted molar refractivity (Wildman–Crippen MR) is 70.8 cm³/mol. The largest absolute Gasteiger partial charge is 0.307 e. The molecule has 1 rings (SSSR count). The van der Waals surface area contributed by atoms with E-state index in [-0.39, 0.29) is 0 Å². The van der Waals surface area contributed by atoms with E-state index in [0.29, 0.717) is 6.04 Å². The second-order valence-electron chi connectivity index (χ2n) is 3.53. The Balaban J connectivity index is 2.24. The zero-order valence-corrected chi connectivity index (χ0v) is 11.4. The maximum atomic E-state index is 4.53. The fourth-order valence-electron chi connectivity index (χ4n) is 1.21. The van der Waals surface area contributed by atoms with Crippen molar-refractivity contribution >= 4 is 23.1 Å². The summed E-state index contributed by atoms with van der Waals surface area (Å²) in [4.78, 5) is 4.53. The molecular formula is C11H20N2S2. The molecule has 0 aliphatic heterocycles. The molecule has 1 heterocycles. The molecule has 0 fully saturated rings. The van der Waals surface area contributed by atoms with Crippen molar-refractivity contribution in [3.8, 4) is 0 Å². The summed E-state index contributed by atoms with van der Waals surface area (Å²) in [7, 11) is 0. The molecule has 86 valence electrons. The lowest BCUT2D eigenvalue weighted by atomic mass is 10.4. The molecule has 1 aromatic rings. The van der Waals surface area contributed by atoms with Gasteiger partial charge in [-0.05, 0) is 19.1 Å². The van der Waals surface area contributed by atoms with Crippen LogP contribution >= 0.6 is 23.1 Å². The smallest absolute Gasteiger partial charge is 0.107 e. The highest BCUT2D eigenvalue weighted by Crippen LogP contribution is 2.10. The average molecular weight is 244 g/mol. The van der Waals surface area contributed by atoms with E-state index >= 15 is 0 Å². The third-order valence-electron chi connectivity index (χ3n) is 2.14. The molecule has 0 saturated carbocycles. The molecule has 4 heteroatoms. The van der Waals surface area contributed by atoms with Gasteiger partial charge in [0.1, 0.15) is 5.01 Å². The Kier molecular flexibility index (Phi) is 6.29. The summed E-state index contributed by atoms with van der Waals surface area (Å²) in [5.74, 6) is 2.38. The van der Waals surface area contributed by atoms with E-state index in [1.165, 1.54) is 22.2 Å². The first-order chi connectivity index (χ1) is 7.26. The van der Waals surface area contributed by atoms with Gasteiger partial charge in [-0.2, -0.15) is 11.8 Å². The number of aryl methyl sites for hydroxylation is 1. The molecule has 0 amide bonds. The highest BCUT2D eigenvalue weighted by Gasteiger charge is 2.03. The SMILES string of the molecule is CCSCC(C)NCc1nc(CC)cs1. The predicted octanol–water partition coefficient (Wildman–Crippen LogP) is 2.94. The van der Waals surface area contributed by atoms with Crippen LogP contribution in [0.4, 0.5) is 0 Å². The van der Waals surface area contributed by atoms with E-state index in [4.69, 9.17) is 0 Å². The molecule has 0 spiro atoms. The summed E-state index contributed by atoms with van der Waals surface area (Å²) in [6.45, 7) is 7.49. The van der Waals surface area contributed by atoms with Crippen LogP contribution in [0, 0.1) is 0 Å². The number of hydrogen-bond acceptors (Lipinski definition) is 4. The van der Waals surface area contributed by atoms with Gasteiger partial charge < -0.3 is 5.32 Å². The van der Waals surface area contributed by atoms with Crippen LogP contribution in [0.3, 0.4) is 0 Å². The fraction of sp³-hybridized carbons (Fsp3) is 0.727. The second-order valence-corrected chi connectivity index (χ2v) is 5.79. The van der Waals surface area contributed by atoms with Gasteiger partial charge in [0.05, 0.1) is 5.69 Å². The first-order valence-electron chi connectivity index (χ1n) is 5.50. The monoisotopic (exact) mass is 244 g/mol. The third kappa shape index (κ3) is 5.00.